The van der Waals surface area contributed by atoms with Crippen LogP contribution in [0.1, 0.15) is 54.0 Å². The number of nitrogens with zero attached hydrogens (tertiary/aromatic N) is 3. The number of rotatable bonds is 8. The van der Waals surface area contributed by atoms with Crippen LogP contribution in [0.5, 0.6) is 5.75 Å². The minimum atomic E-state index is -0.530. The van der Waals surface area contributed by atoms with Crippen LogP contribution in [0.4, 0.5) is 5.69 Å². The van der Waals surface area contributed by atoms with Crippen LogP contribution < -0.4 is 10.1 Å². The second-order valence-electron chi connectivity index (χ2n) is 7.72. The van der Waals surface area contributed by atoms with Crippen LogP contribution in [-0.4, -0.2) is 53.2 Å². The Morgan fingerprint density at radius 3 is 2.77 bits per heavy atom. The Kier molecular flexibility index (Phi) is 7.04. The van der Waals surface area contributed by atoms with Crippen molar-refractivity contribution in [2.24, 2.45) is 5.92 Å². The zero-order chi connectivity index (χ0) is 21.7. The van der Waals surface area contributed by atoms with Crippen molar-refractivity contribution in [3.05, 3.63) is 51.3 Å². The summed E-state index contributed by atoms with van der Waals surface area (Å²) in [7, 11) is 3.72. The Balaban J connectivity index is 1.74. The highest BCUT2D eigenvalue weighted by molar-refractivity contribution is 5.96. The second-order valence-corrected chi connectivity index (χ2v) is 7.72. The molecule has 3 rings (SSSR count). The molecule has 1 aliphatic heterocycles. The first kappa shape index (κ1) is 21.8. The third-order valence-electron chi connectivity index (χ3n) is 5.70. The highest BCUT2D eigenvalue weighted by Crippen LogP contribution is 2.35. The lowest BCUT2D eigenvalue weighted by Gasteiger charge is -2.39. The van der Waals surface area contributed by atoms with Gasteiger partial charge in [-0.1, -0.05) is 25.5 Å². The van der Waals surface area contributed by atoms with Gasteiger partial charge < -0.3 is 10.1 Å². The molecule has 1 aromatic heterocycles. The minimum absolute atomic E-state index is 0.145. The lowest BCUT2D eigenvalue weighted by atomic mass is 9.85. The van der Waals surface area contributed by atoms with E-state index in [0.29, 0.717) is 18.7 Å². The first-order valence-corrected chi connectivity index (χ1v) is 10.3. The van der Waals surface area contributed by atoms with Gasteiger partial charge >= 0.3 is 5.69 Å². The highest BCUT2D eigenvalue weighted by atomic mass is 16.6. The molecule has 0 radical (unpaired) electrons. The van der Waals surface area contributed by atoms with E-state index in [4.69, 9.17) is 4.74 Å². The predicted molar refractivity (Wildman–Crippen MR) is 113 cm³/mol. The number of hydrogen-bond acceptors (Lipinski definition) is 6. The molecule has 0 bridgehead atoms. The predicted octanol–water partition coefficient (Wildman–Crippen LogP) is 3.09. The van der Waals surface area contributed by atoms with E-state index in [1.54, 1.807) is 7.11 Å². The molecule has 1 aromatic carbocycles. The molecule has 9 heteroatoms. The molecule has 1 fully saturated rings. The number of carbonyl (C=O) groups excluding carboxylic acids is 1. The summed E-state index contributed by atoms with van der Waals surface area (Å²) in [5.74, 6) is 0.479. The van der Waals surface area contributed by atoms with Gasteiger partial charge in [-0.25, -0.2) is 0 Å². The largest absolute Gasteiger partial charge is 0.497 e. The maximum Gasteiger partial charge on any atom is 0.322 e. The molecule has 30 heavy (non-hydrogen) atoms. The summed E-state index contributed by atoms with van der Waals surface area (Å²) in [4.78, 5) is 25.9. The number of benzene rings is 1. The Morgan fingerprint density at radius 1 is 1.40 bits per heavy atom. The molecule has 2 N–H and O–H groups in total. The summed E-state index contributed by atoms with van der Waals surface area (Å²) in [5, 5.41) is 20.9. The van der Waals surface area contributed by atoms with Crippen LogP contribution in [0.2, 0.25) is 0 Å². The maximum absolute atomic E-state index is 12.7. The third-order valence-corrected chi connectivity index (χ3v) is 5.70. The van der Waals surface area contributed by atoms with E-state index < -0.39 is 10.8 Å². The average molecular weight is 415 g/mol. The van der Waals surface area contributed by atoms with Gasteiger partial charge in [0.05, 0.1) is 12.0 Å². The van der Waals surface area contributed by atoms with Crippen molar-refractivity contribution in [2.45, 2.75) is 38.6 Å². The molecule has 1 amide bonds. The molecule has 9 nitrogen and oxygen atoms in total. The molecular formula is C21H29N5O4. The summed E-state index contributed by atoms with van der Waals surface area (Å²) in [6, 6.07) is 8.13. The zero-order valence-electron chi connectivity index (χ0n) is 17.7. The first-order chi connectivity index (χ1) is 14.5. The zero-order valence-corrected chi connectivity index (χ0v) is 17.7. The summed E-state index contributed by atoms with van der Waals surface area (Å²) >= 11 is 0. The van der Waals surface area contributed by atoms with Crippen LogP contribution >= 0.6 is 0 Å². The molecule has 2 atom stereocenters. The van der Waals surface area contributed by atoms with E-state index >= 15 is 0 Å². The molecule has 2 aromatic rings. The first-order valence-electron chi connectivity index (χ1n) is 10.3. The minimum Gasteiger partial charge on any atom is -0.497 e. The molecule has 0 spiro atoms. The number of methoxy groups -OCH3 is 1. The third kappa shape index (κ3) is 4.62. The van der Waals surface area contributed by atoms with Crippen LogP contribution in [0, 0.1) is 16.0 Å². The monoisotopic (exact) mass is 415 g/mol. The van der Waals surface area contributed by atoms with Gasteiger partial charge in [-0.2, -0.15) is 5.10 Å². The summed E-state index contributed by atoms with van der Waals surface area (Å²) in [6.45, 7) is 3.32. The summed E-state index contributed by atoms with van der Waals surface area (Å²) in [6.07, 6.45) is 3.20. The standard InChI is InChI=1S/C21H29N5O4/c1-4-6-17-20(26(28)29)18(24-23-17)21(27)22-13-15-7-5-12-25(2)19(15)14-8-10-16(30-3)11-9-14/h8-11,15,19H,4-7,12-13H2,1-3H3,(H,22,27)(H,23,24). The Morgan fingerprint density at radius 2 is 2.13 bits per heavy atom. The fourth-order valence-corrected chi connectivity index (χ4v) is 4.26. The van der Waals surface area contributed by atoms with Gasteiger partial charge in [0.1, 0.15) is 11.4 Å². The Hall–Kier alpha value is -2.94. The number of carbonyl (C=O) groups is 1. The molecule has 2 unspecified atom stereocenters. The van der Waals surface area contributed by atoms with Gasteiger partial charge in [-0.3, -0.25) is 24.9 Å². The molecule has 2 heterocycles. The van der Waals surface area contributed by atoms with Crippen molar-refractivity contribution in [2.75, 3.05) is 27.2 Å². The number of aromatic nitrogens is 2. The molecule has 1 aliphatic rings. The van der Waals surface area contributed by atoms with Crippen molar-refractivity contribution in [1.29, 1.82) is 0 Å². The molecule has 0 saturated carbocycles. The highest BCUT2D eigenvalue weighted by Gasteiger charge is 2.33. The number of hydrogen-bond donors (Lipinski definition) is 2. The van der Waals surface area contributed by atoms with Gasteiger partial charge in [0.15, 0.2) is 0 Å². The number of H-pyrrole nitrogens is 1. The van der Waals surface area contributed by atoms with Gasteiger partial charge in [0.25, 0.3) is 5.91 Å². The smallest absolute Gasteiger partial charge is 0.322 e. The lowest BCUT2D eigenvalue weighted by Crippen LogP contribution is -2.41. The van der Waals surface area contributed by atoms with Crippen molar-refractivity contribution >= 4 is 11.6 Å². The number of amides is 1. The van der Waals surface area contributed by atoms with Crippen molar-refractivity contribution in [3.8, 4) is 5.75 Å². The maximum atomic E-state index is 12.7. The van der Waals surface area contributed by atoms with Crippen LogP contribution in [-0.2, 0) is 6.42 Å². The van der Waals surface area contributed by atoms with E-state index in [1.165, 1.54) is 0 Å². The normalized spacial score (nSPS) is 19.4. The quantitative estimate of drug-likeness (QED) is 0.506. The van der Waals surface area contributed by atoms with Crippen molar-refractivity contribution < 1.29 is 14.5 Å². The molecule has 0 aliphatic carbocycles. The van der Waals surface area contributed by atoms with Gasteiger partial charge in [-0.05, 0) is 56.5 Å². The summed E-state index contributed by atoms with van der Waals surface area (Å²) in [5.41, 5.74) is 1.19. The fourth-order valence-electron chi connectivity index (χ4n) is 4.26. The SMILES string of the molecule is CCCc1[nH]nc(C(=O)NCC2CCCN(C)C2c2ccc(OC)cc2)c1[N+](=O)[O-]. The van der Waals surface area contributed by atoms with Crippen molar-refractivity contribution in [3.63, 3.8) is 0 Å². The number of aryl methyl sites for hydroxylation is 1. The molecule has 162 valence electrons. The number of likely N-dealkylation sites (tertiary alicyclic amines) is 1. The summed E-state index contributed by atoms with van der Waals surface area (Å²) < 4.78 is 5.25. The second kappa shape index (κ2) is 9.71. The number of nitro groups is 1. The van der Waals surface area contributed by atoms with Crippen LogP contribution in [0.15, 0.2) is 24.3 Å². The van der Waals surface area contributed by atoms with Gasteiger partial charge in [-0.15, -0.1) is 0 Å². The van der Waals surface area contributed by atoms with Gasteiger partial charge in [0.2, 0.25) is 5.69 Å². The van der Waals surface area contributed by atoms with Crippen molar-refractivity contribution in [1.82, 2.24) is 20.4 Å². The van der Waals surface area contributed by atoms with Gasteiger partial charge in [0, 0.05) is 12.6 Å². The average Bonchev–Trinajstić information content (AvgIpc) is 3.16. The molecular weight excluding hydrogens is 386 g/mol. The van der Waals surface area contributed by atoms with E-state index in [-0.39, 0.29) is 23.3 Å². The number of aromatic amines is 1. The number of nitrogens with one attached hydrogen (secondary N) is 2. The van der Waals surface area contributed by atoms with E-state index in [9.17, 15) is 14.9 Å². The topological polar surface area (TPSA) is 113 Å². The van der Waals surface area contributed by atoms with Crippen LogP contribution in [0.3, 0.4) is 0 Å². The fraction of sp³-hybridized carbons (Fsp3) is 0.524. The number of ether oxygens (including phenoxy) is 1. The number of piperidine rings is 1. The lowest BCUT2D eigenvalue weighted by molar-refractivity contribution is -0.385. The Bertz CT molecular complexity index is 880. The van der Waals surface area contributed by atoms with E-state index in [1.807, 2.05) is 19.1 Å². The van der Waals surface area contributed by atoms with E-state index in [2.05, 4.69) is 39.6 Å². The molecule has 1 saturated heterocycles. The Labute approximate surface area is 175 Å². The van der Waals surface area contributed by atoms with Crippen LogP contribution in [0.25, 0.3) is 0 Å². The van der Waals surface area contributed by atoms with E-state index in [0.717, 1.165) is 37.1 Å².